The maximum absolute atomic E-state index is 11.5. The molecule has 1 fully saturated rings. The smallest absolute Gasteiger partial charge is 0.340 e. The molecule has 2 rings (SSSR count). The molecule has 1 aromatic rings. The standard InChI is InChI=1S/C15H21NO3S/c1-3-20-13-6-4-5-12(14(13)15(17)18)19-11-7-9-16(2)10-8-11/h4-6,11H,3,7-10H2,1-2H3,(H,17,18). The van der Waals surface area contributed by atoms with Gasteiger partial charge < -0.3 is 14.7 Å². The van der Waals surface area contributed by atoms with Crippen molar-refractivity contribution in [2.24, 2.45) is 0 Å². The van der Waals surface area contributed by atoms with Crippen LogP contribution in [-0.4, -0.2) is 48.0 Å². The van der Waals surface area contributed by atoms with E-state index in [0.29, 0.717) is 11.3 Å². The third-order valence-electron chi connectivity index (χ3n) is 3.46. The number of carbonyl (C=O) groups is 1. The first kappa shape index (κ1) is 15.2. The number of nitrogens with zero attached hydrogens (tertiary/aromatic N) is 1. The minimum absolute atomic E-state index is 0.117. The number of aromatic carboxylic acids is 1. The fraction of sp³-hybridized carbons (Fsp3) is 0.533. The second-order valence-corrected chi connectivity index (χ2v) is 6.29. The van der Waals surface area contributed by atoms with Gasteiger partial charge in [0.15, 0.2) is 0 Å². The van der Waals surface area contributed by atoms with Gasteiger partial charge >= 0.3 is 5.97 Å². The molecular weight excluding hydrogens is 274 g/mol. The van der Waals surface area contributed by atoms with Crippen LogP contribution in [-0.2, 0) is 0 Å². The van der Waals surface area contributed by atoms with Crippen LogP contribution < -0.4 is 4.74 Å². The Morgan fingerprint density at radius 1 is 1.45 bits per heavy atom. The first-order valence-corrected chi connectivity index (χ1v) is 7.94. The number of hydrogen-bond acceptors (Lipinski definition) is 4. The first-order valence-electron chi connectivity index (χ1n) is 6.96. The predicted octanol–water partition coefficient (Wildman–Crippen LogP) is 2.97. The highest BCUT2D eigenvalue weighted by atomic mass is 32.2. The zero-order valence-electron chi connectivity index (χ0n) is 12.0. The Hall–Kier alpha value is -1.20. The van der Waals surface area contributed by atoms with Crippen molar-refractivity contribution in [3.05, 3.63) is 23.8 Å². The molecule has 1 N–H and O–H groups in total. The summed E-state index contributed by atoms with van der Waals surface area (Å²) in [6, 6.07) is 5.48. The van der Waals surface area contributed by atoms with E-state index in [2.05, 4.69) is 11.9 Å². The Labute approximate surface area is 124 Å². The normalized spacial score (nSPS) is 17.1. The molecule has 1 aliphatic rings. The summed E-state index contributed by atoms with van der Waals surface area (Å²) in [6.45, 7) is 4.01. The number of ether oxygens (including phenoxy) is 1. The molecule has 0 atom stereocenters. The molecule has 0 saturated carbocycles. The summed E-state index contributed by atoms with van der Waals surface area (Å²) >= 11 is 1.54. The lowest BCUT2D eigenvalue weighted by Crippen LogP contribution is -2.35. The number of likely N-dealkylation sites (tertiary alicyclic amines) is 1. The van der Waals surface area contributed by atoms with Gasteiger partial charge in [-0.1, -0.05) is 13.0 Å². The number of carboxylic acids is 1. The van der Waals surface area contributed by atoms with Gasteiger partial charge in [-0.2, -0.15) is 0 Å². The van der Waals surface area contributed by atoms with Crippen LogP contribution in [0.1, 0.15) is 30.1 Å². The molecule has 1 heterocycles. The van der Waals surface area contributed by atoms with Crippen LogP contribution in [0.5, 0.6) is 5.75 Å². The Bertz CT molecular complexity index is 470. The quantitative estimate of drug-likeness (QED) is 0.846. The minimum Gasteiger partial charge on any atom is -0.489 e. The third-order valence-corrected chi connectivity index (χ3v) is 4.40. The average molecular weight is 295 g/mol. The van der Waals surface area contributed by atoms with Crippen molar-refractivity contribution in [3.8, 4) is 5.75 Å². The molecule has 0 spiro atoms. The molecule has 1 aromatic carbocycles. The summed E-state index contributed by atoms with van der Waals surface area (Å²) in [4.78, 5) is 14.6. The lowest BCUT2D eigenvalue weighted by molar-refractivity contribution is 0.0676. The van der Waals surface area contributed by atoms with Crippen LogP contribution >= 0.6 is 11.8 Å². The van der Waals surface area contributed by atoms with E-state index in [1.165, 1.54) is 11.8 Å². The van der Waals surface area contributed by atoms with Crippen molar-refractivity contribution < 1.29 is 14.6 Å². The molecule has 5 heteroatoms. The molecule has 0 bridgehead atoms. The topological polar surface area (TPSA) is 49.8 Å². The van der Waals surface area contributed by atoms with Crippen LogP contribution in [0.4, 0.5) is 0 Å². The van der Waals surface area contributed by atoms with E-state index >= 15 is 0 Å². The molecule has 0 unspecified atom stereocenters. The second kappa shape index (κ2) is 6.99. The lowest BCUT2D eigenvalue weighted by Gasteiger charge is -2.29. The van der Waals surface area contributed by atoms with Gasteiger partial charge in [-0.15, -0.1) is 11.8 Å². The van der Waals surface area contributed by atoms with Crippen molar-refractivity contribution >= 4 is 17.7 Å². The van der Waals surface area contributed by atoms with Gasteiger partial charge in [-0.05, 0) is 37.8 Å². The largest absolute Gasteiger partial charge is 0.489 e. The second-order valence-electron chi connectivity index (χ2n) is 4.99. The number of piperidine rings is 1. The van der Waals surface area contributed by atoms with Crippen molar-refractivity contribution in [3.63, 3.8) is 0 Å². The molecular formula is C15H21NO3S. The summed E-state index contributed by atoms with van der Waals surface area (Å²) in [6.07, 6.45) is 2.01. The Balaban J connectivity index is 2.18. The number of thioether (sulfide) groups is 1. The Morgan fingerprint density at radius 3 is 2.75 bits per heavy atom. The van der Waals surface area contributed by atoms with Crippen LogP contribution in [0.2, 0.25) is 0 Å². The number of benzene rings is 1. The highest BCUT2D eigenvalue weighted by molar-refractivity contribution is 7.99. The fourth-order valence-electron chi connectivity index (χ4n) is 2.38. The highest BCUT2D eigenvalue weighted by Gasteiger charge is 2.22. The minimum atomic E-state index is -0.913. The molecule has 4 nitrogen and oxygen atoms in total. The van der Waals surface area contributed by atoms with E-state index in [-0.39, 0.29) is 6.10 Å². The van der Waals surface area contributed by atoms with E-state index in [1.54, 1.807) is 6.07 Å². The van der Waals surface area contributed by atoms with Crippen LogP contribution in [0.3, 0.4) is 0 Å². The fourth-order valence-corrected chi connectivity index (χ4v) is 3.20. The molecule has 1 aliphatic heterocycles. The summed E-state index contributed by atoms with van der Waals surface area (Å²) in [5.74, 6) is 0.438. The van der Waals surface area contributed by atoms with Crippen molar-refractivity contribution in [1.29, 1.82) is 0 Å². The summed E-state index contributed by atoms with van der Waals surface area (Å²) < 4.78 is 5.96. The van der Waals surface area contributed by atoms with Crippen molar-refractivity contribution in [1.82, 2.24) is 4.90 Å². The van der Waals surface area contributed by atoms with Crippen LogP contribution in [0.25, 0.3) is 0 Å². The highest BCUT2D eigenvalue weighted by Crippen LogP contribution is 2.31. The van der Waals surface area contributed by atoms with Crippen LogP contribution in [0, 0.1) is 0 Å². The van der Waals surface area contributed by atoms with E-state index < -0.39 is 5.97 Å². The average Bonchev–Trinajstić information content (AvgIpc) is 2.41. The maximum Gasteiger partial charge on any atom is 0.340 e. The Kier molecular flexibility index (Phi) is 5.31. The van der Waals surface area contributed by atoms with Gasteiger partial charge in [0.25, 0.3) is 0 Å². The van der Waals surface area contributed by atoms with E-state index in [4.69, 9.17) is 4.74 Å². The molecule has 20 heavy (non-hydrogen) atoms. The summed E-state index contributed by atoms with van der Waals surface area (Å²) in [7, 11) is 2.09. The monoisotopic (exact) mass is 295 g/mol. The van der Waals surface area contributed by atoms with Crippen molar-refractivity contribution in [2.75, 3.05) is 25.9 Å². The van der Waals surface area contributed by atoms with Gasteiger partial charge in [0.2, 0.25) is 0 Å². The zero-order valence-corrected chi connectivity index (χ0v) is 12.8. The van der Waals surface area contributed by atoms with E-state index in [9.17, 15) is 9.90 Å². The van der Waals surface area contributed by atoms with Gasteiger partial charge in [0, 0.05) is 18.0 Å². The predicted molar refractivity (Wildman–Crippen MR) is 80.9 cm³/mol. The summed E-state index contributed by atoms with van der Waals surface area (Å²) in [5.41, 5.74) is 0.304. The molecule has 0 aromatic heterocycles. The zero-order chi connectivity index (χ0) is 14.5. The number of hydrogen-bond donors (Lipinski definition) is 1. The first-order chi connectivity index (χ1) is 9.61. The summed E-state index contributed by atoms with van der Waals surface area (Å²) in [5, 5.41) is 9.44. The number of rotatable bonds is 5. The van der Waals surface area contributed by atoms with Gasteiger partial charge in [-0.25, -0.2) is 4.79 Å². The van der Waals surface area contributed by atoms with Gasteiger partial charge in [0.05, 0.1) is 0 Å². The van der Waals surface area contributed by atoms with E-state index in [0.717, 1.165) is 36.6 Å². The molecule has 1 saturated heterocycles. The van der Waals surface area contributed by atoms with Gasteiger partial charge in [-0.3, -0.25) is 0 Å². The molecule has 0 amide bonds. The Morgan fingerprint density at radius 2 is 2.15 bits per heavy atom. The third kappa shape index (κ3) is 3.67. The number of carboxylic acid groups (broad SMARTS) is 1. The molecule has 110 valence electrons. The van der Waals surface area contributed by atoms with Crippen LogP contribution in [0.15, 0.2) is 23.1 Å². The molecule has 0 radical (unpaired) electrons. The molecule has 0 aliphatic carbocycles. The van der Waals surface area contributed by atoms with Crippen molar-refractivity contribution in [2.45, 2.75) is 30.8 Å². The SMILES string of the molecule is CCSc1cccc(OC2CCN(C)CC2)c1C(=O)O. The maximum atomic E-state index is 11.5. The van der Waals surface area contributed by atoms with Gasteiger partial charge in [0.1, 0.15) is 17.4 Å². The lowest BCUT2D eigenvalue weighted by atomic mass is 10.1. The van der Waals surface area contributed by atoms with E-state index in [1.807, 2.05) is 19.1 Å².